The number of aryl methyl sites for hydroxylation is 2. The minimum Gasteiger partial charge on any atom is -0.273 e. The normalized spacial score (nSPS) is 11.3. The van der Waals surface area contributed by atoms with Crippen molar-refractivity contribution in [3.63, 3.8) is 0 Å². The molecule has 236 valence electrons. The maximum Gasteiger partial charge on any atom is 0.353 e. The average molecular weight is 748 g/mol. The zero-order chi connectivity index (χ0) is 31.1. The van der Waals surface area contributed by atoms with Crippen LogP contribution < -0.4 is 0 Å². The summed E-state index contributed by atoms with van der Waals surface area (Å²) in [5, 5.41) is 0. The van der Waals surface area contributed by atoms with E-state index in [-0.39, 0.29) is 34.5 Å². The number of benzene rings is 4. The van der Waals surface area contributed by atoms with Crippen molar-refractivity contribution >= 4 is 79.2 Å². The van der Waals surface area contributed by atoms with E-state index in [1.54, 1.807) is 66.7 Å². The van der Waals surface area contributed by atoms with Crippen molar-refractivity contribution in [1.29, 1.82) is 0 Å². The third-order valence-electron chi connectivity index (χ3n) is 5.11. The zero-order valence-electron chi connectivity index (χ0n) is 22.8. The molecule has 0 spiro atoms. The molecule has 43 heavy (non-hydrogen) atoms. The first-order chi connectivity index (χ1) is 18.8. The van der Waals surface area contributed by atoms with Crippen molar-refractivity contribution in [2.45, 2.75) is 38.3 Å². The molecule has 0 bridgehead atoms. The monoisotopic (exact) mass is 746 g/mol. The van der Waals surface area contributed by atoms with E-state index >= 15 is 0 Å². The summed E-state index contributed by atoms with van der Waals surface area (Å²) in [4.78, 5) is 0.422. The van der Waals surface area contributed by atoms with Crippen molar-refractivity contribution in [3.8, 4) is 0 Å². The highest BCUT2D eigenvalue weighted by atomic mass is 35.7. The molecule has 1 N–H and O–H groups in total. The average Bonchev–Trinajstić information content (AvgIpc) is 2.89. The number of sulfone groups is 2. The molecule has 9 nitrogen and oxygen atoms in total. The largest absolute Gasteiger partial charge is 0.353 e. The molecule has 0 aromatic heterocycles. The second kappa shape index (κ2) is 17.0. The Balaban J connectivity index is 0.000000692. The van der Waals surface area contributed by atoms with E-state index in [1.807, 2.05) is 13.8 Å². The van der Waals surface area contributed by atoms with Gasteiger partial charge in [0, 0.05) is 21.4 Å². The summed E-state index contributed by atoms with van der Waals surface area (Å²) in [7, 11) is -6.00. The number of halogens is 2. The second-order valence-corrected chi connectivity index (χ2v) is 16.7. The lowest BCUT2D eigenvalue weighted by Gasteiger charge is -2.06. The Hall–Kier alpha value is -1.92. The molecule has 0 heterocycles. The van der Waals surface area contributed by atoms with Gasteiger partial charge in [-0.15, -0.1) is 0 Å². The van der Waals surface area contributed by atoms with Gasteiger partial charge in [-0.25, -0.2) is 25.3 Å². The maximum absolute atomic E-state index is 12.4. The summed E-state index contributed by atoms with van der Waals surface area (Å²) >= 11 is 0. The molecular formula is C26H30Cl2O9P2S4. The molecule has 0 saturated heterocycles. The van der Waals surface area contributed by atoms with Crippen molar-refractivity contribution < 1.29 is 38.2 Å². The van der Waals surface area contributed by atoms with Gasteiger partial charge in [0.05, 0.1) is 24.5 Å². The van der Waals surface area contributed by atoms with Gasteiger partial charge in [-0.3, -0.25) is 4.55 Å². The van der Waals surface area contributed by atoms with Crippen LogP contribution in [0.3, 0.4) is 0 Å². The van der Waals surface area contributed by atoms with Crippen molar-refractivity contribution in [2.75, 3.05) is 0 Å². The van der Waals surface area contributed by atoms with E-state index in [1.165, 1.54) is 30.3 Å². The first-order valence-corrected chi connectivity index (χ1v) is 18.8. The highest BCUT2D eigenvalue weighted by molar-refractivity contribution is 8.13. The lowest BCUT2D eigenvalue weighted by molar-refractivity contribution is 0.501. The summed E-state index contributed by atoms with van der Waals surface area (Å²) in [6.45, 7) is 3.77. The second-order valence-electron chi connectivity index (χ2n) is 8.27. The topological polar surface area (TPSA) is 157 Å². The van der Waals surface area contributed by atoms with Gasteiger partial charge in [-0.2, -0.15) is 28.2 Å². The van der Waals surface area contributed by atoms with Gasteiger partial charge in [0.15, 0.2) is 0 Å². The molecular weight excluding hydrogens is 717 g/mol. The summed E-state index contributed by atoms with van der Waals surface area (Å²) in [6, 6.07) is 26.6. The van der Waals surface area contributed by atoms with Crippen LogP contribution in [0.4, 0.5) is 0 Å². The quantitative estimate of drug-likeness (QED) is 0.153. The molecule has 4 rings (SSSR count). The molecule has 4 aromatic carbocycles. The van der Waals surface area contributed by atoms with E-state index in [0.29, 0.717) is 9.79 Å². The Bertz CT molecular complexity index is 1910. The molecule has 0 saturated carbocycles. The van der Waals surface area contributed by atoms with Crippen LogP contribution >= 0.6 is 41.2 Å². The molecule has 0 amide bonds. The van der Waals surface area contributed by atoms with Crippen LogP contribution in [-0.2, 0) is 38.1 Å². The van der Waals surface area contributed by atoms with E-state index in [9.17, 15) is 25.3 Å². The molecule has 4 aromatic rings. The molecule has 2 unspecified atom stereocenters. The summed E-state index contributed by atoms with van der Waals surface area (Å²) in [6.07, 6.45) is 0. The fourth-order valence-electron chi connectivity index (χ4n) is 3.10. The first-order valence-electron chi connectivity index (χ1n) is 11.2. The molecule has 0 aliphatic rings. The Kier molecular flexibility index (Phi) is 16.2. The van der Waals surface area contributed by atoms with E-state index in [2.05, 4.69) is 10.7 Å². The number of rotatable bonds is 5. The van der Waals surface area contributed by atoms with E-state index in [4.69, 9.17) is 23.7 Å². The smallest absolute Gasteiger partial charge is 0.273 e. The van der Waals surface area contributed by atoms with Crippen LogP contribution in [0.25, 0.3) is 0 Å². The fourth-order valence-corrected chi connectivity index (χ4v) is 6.56. The van der Waals surface area contributed by atoms with Crippen molar-refractivity contribution in [2.24, 2.45) is 0 Å². The van der Waals surface area contributed by atoms with E-state index < -0.39 is 38.1 Å². The lowest BCUT2D eigenvalue weighted by atomic mass is 10.2. The van der Waals surface area contributed by atoms with Gasteiger partial charge in [0.1, 0.15) is 0 Å². The SMILES string of the molecule is Cc1ccc(S(=O)(=O)c2cccc(S(=O)(=O)Cl)c2)cc1.Cc1ccc(S(=O)(=O)c2ccccc2)cc1.O=S(=O)(O)Cl.P.P. The van der Waals surface area contributed by atoms with Gasteiger partial charge in [0.25, 0.3) is 9.05 Å². The predicted molar refractivity (Wildman–Crippen MR) is 179 cm³/mol. The number of hydrogen-bond acceptors (Lipinski definition) is 8. The van der Waals surface area contributed by atoms with Crippen LogP contribution in [0.15, 0.2) is 128 Å². The third kappa shape index (κ3) is 13.3. The minimum absolute atomic E-state index is 0. The molecule has 2 atom stereocenters. The first kappa shape index (κ1) is 41.1. The number of hydrogen-bond donors (Lipinski definition) is 1. The van der Waals surface area contributed by atoms with Crippen LogP contribution in [0.2, 0.25) is 0 Å². The molecule has 0 aliphatic heterocycles. The molecule has 0 aliphatic carbocycles. The Labute approximate surface area is 268 Å². The highest BCUT2D eigenvalue weighted by Crippen LogP contribution is 2.25. The van der Waals surface area contributed by atoms with Crippen LogP contribution in [0, 0.1) is 13.8 Å². The molecule has 0 fully saturated rings. The van der Waals surface area contributed by atoms with Crippen LogP contribution in [-0.4, -0.2) is 38.2 Å². The van der Waals surface area contributed by atoms with Gasteiger partial charge in [-0.05, 0) is 68.4 Å². The molecule has 17 heteroatoms. The van der Waals surface area contributed by atoms with Gasteiger partial charge in [0.2, 0.25) is 19.7 Å². The van der Waals surface area contributed by atoms with E-state index in [0.717, 1.165) is 17.2 Å². The van der Waals surface area contributed by atoms with Gasteiger partial charge in [-0.1, -0.05) is 59.7 Å². The standard InChI is InChI=1S/C13H11ClO4S2.C13H12O2S.ClHO3S.2H3P/c1-10-5-7-11(8-6-10)19(15,16)12-3-2-4-13(9-12)20(14,17)18;1-11-7-9-13(10-8-11)16(14,15)12-5-3-2-4-6-12;1-5(2,3)4;;/h2-9H,1H3;2-10H,1H3;(H,2,3,4);2*1H3. The Morgan fingerprint density at radius 2 is 0.767 bits per heavy atom. The van der Waals surface area contributed by atoms with Gasteiger partial charge >= 0.3 is 9.33 Å². The minimum atomic E-state index is -4.19. The molecule has 0 radical (unpaired) electrons. The Morgan fingerprint density at radius 3 is 1.14 bits per heavy atom. The summed E-state index contributed by atoms with van der Waals surface area (Å²) < 4.78 is 96.8. The van der Waals surface area contributed by atoms with Crippen LogP contribution in [0.1, 0.15) is 11.1 Å². The fraction of sp³-hybridized carbons (Fsp3) is 0.0769. The summed E-state index contributed by atoms with van der Waals surface area (Å²) in [5.41, 5.74) is 1.98. The van der Waals surface area contributed by atoms with Crippen LogP contribution in [0.5, 0.6) is 0 Å². The highest BCUT2D eigenvalue weighted by Gasteiger charge is 2.20. The Morgan fingerprint density at radius 1 is 0.465 bits per heavy atom. The predicted octanol–water partition coefficient (Wildman–Crippen LogP) is 5.73. The lowest BCUT2D eigenvalue weighted by Crippen LogP contribution is -2.03. The van der Waals surface area contributed by atoms with Crippen molar-refractivity contribution in [1.82, 2.24) is 0 Å². The maximum atomic E-state index is 12.4. The third-order valence-corrected chi connectivity index (χ3v) is 10.0. The summed E-state index contributed by atoms with van der Waals surface area (Å²) in [5.74, 6) is 0. The van der Waals surface area contributed by atoms with Gasteiger partial charge < -0.3 is 0 Å². The van der Waals surface area contributed by atoms with Crippen molar-refractivity contribution in [3.05, 3.63) is 114 Å². The zero-order valence-corrected chi connectivity index (χ0v) is 30.4.